The summed E-state index contributed by atoms with van der Waals surface area (Å²) in [7, 11) is 1.63. The topological polar surface area (TPSA) is 133 Å². The van der Waals surface area contributed by atoms with Crippen LogP contribution in [0, 0.1) is 5.92 Å². The molecule has 0 N–H and O–H groups in total. The normalized spacial score (nSPS) is 18.5. The van der Waals surface area contributed by atoms with E-state index >= 15 is 4.79 Å². The molecule has 4 aromatic rings. The van der Waals surface area contributed by atoms with Crippen LogP contribution in [0.25, 0.3) is 22.0 Å². The number of benzene rings is 3. The molecule has 57 heavy (non-hydrogen) atoms. The fourth-order valence-corrected chi connectivity index (χ4v) is 7.67. The van der Waals surface area contributed by atoms with Crippen LogP contribution in [0.2, 0.25) is 0 Å². The summed E-state index contributed by atoms with van der Waals surface area (Å²) in [5, 5.41) is 5.12. The number of aromatic nitrogens is 2. The summed E-state index contributed by atoms with van der Waals surface area (Å²) in [6, 6.07) is 19.6. The molecular formula is C44H53N5O8. The van der Waals surface area contributed by atoms with Gasteiger partial charge in [0.1, 0.15) is 17.0 Å². The first kappa shape index (κ1) is 39.8. The van der Waals surface area contributed by atoms with Crippen LogP contribution in [-0.4, -0.2) is 95.9 Å². The lowest BCUT2D eigenvalue weighted by Crippen LogP contribution is -2.51. The maximum absolute atomic E-state index is 15.2. The number of hydrogen-bond donors (Lipinski definition) is 0. The van der Waals surface area contributed by atoms with E-state index in [2.05, 4.69) is 11.2 Å². The van der Waals surface area contributed by atoms with Crippen LogP contribution in [0.15, 0.2) is 66.9 Å². The largest absolute Gasteiger partial charge is 0.482 e. The van der Waals surface area contributed by atoms with E-state index in [0.717, 1.165) is 34.9 Å². The van der Waals surface area contributed by atoms with E-state index in [4.69, 9.17) is 18.9 Å². The number of hydrogen-bond acceptors (Lipinski definition) is 9. The van der Waals surface area contributed by atoms with Crippen LogP contribution in [0.4, 0.5) is 21.0 Å². The molecule has 1 aliphatic carbocycles. The number of piperidine rings is 1. The van der Waals surface area contributed by atoms with Crippen LogP contribution in [0.3, 0.4) is 0 Å². The molecule has 1 saturated carbocycles. The van der Waals surface area contributed by atoms with Gasteiger partial charge in [-0.25, -0.2) is 9.59 Å². The Morgan fingerprint density at radius 2 is 1.63 bits per heavy atom. The molecule has 13 heteroatoms. The SMILES string of the molecule is COCCCN1C(=O)COc2ccc(N(C(=O)[C@H]3CN(C(=O)OC(C)(C)C)CC[C@@H]3c3cccc(-c4ccc5cnn(C(=O)OC(C)(C)C)c5c4)c3)C3CC3)cc21. The van der Waals surface area contributed by atoms with Crippen LogP contribution in [0.1, 0.15) is 78.7 Å². The minimum Gasteiger partial charge on any atom is -0.482 e. The van der Waals surface area contributed by atoms with Crippen molar-refractivity contribution >= 4 is 46.3 Å². The monoisotopic (exact) mass is 779 g/mol. The third-order valence-corrected chi connectivity index (χ3v) is 10.4. The van der Waals surface area contributed by atoms with Gasteiger partial charge in [-0.15, -0.1) is 0 Å². The zero-order valence-electron chi connectivity index (χ0n) is 33.9. The number of amides is 3. The zero-order valence-corrected chi connectivity index (χ0v) is 33.9. The van der Waals surface area contributed by atoms with E-state index in [1.54, 1.807) is 23.1 Å². The smallest absolute Gasteiger partial charge is 0.435 e. The number of nitrogens with zero attached hydrogens (tertiary/aromatic N) is 5. The van der Waals surface area contributed by atoms with Gasteiger partial charge in [0.05, 0.1) is 23.3 Å². The first-order chi connectivity index (χ1) is 27.1. The van der Waals surface area contributed by atoms with Crippen LogP contribution < -0.4 is 14.5 Å². The Kier molecular flexibility index (Phi) is 11.1. The highest BCUT2D eigenvalue weighted by molar-refractivity contribution is 6.01. The predicted octanol–water partition coefficient (Wildman–Crippen LogP) is 7.78. The number of ether oxygens (including phenoxy) is 4. The third-order valence-electron chi connectivity index (χ3n) is 10.4. The standard InChI is InChI=1S/C44H53N5O8/c1-43(2,3)56-41(52)46-20-18-34(30-11-8-10-28(22-30)29-12-13-31-25-45-49(36(31)23-29)42(53)57-44(4,5)6)35(26-46)40(51)48(32-14-15-32)33-16-17-38-37(24-33)47(19-9-21-54-7)39(50)27-55-38/h8,10-13,16-17,22-25,32,34-35H,9,14-15,18-21,26-27H2,1-7H3/t34-,35+/m1/s1. The molecule has 1 saturated heterocycles. The Morgan fingerprint density at radius 1 is 0.895 bits per heavy atom. The summed E-state index contributed by atoms with van der Waals surface area (Å²) in [5.41, 5.74) is 3.34. The molecule has 3 heterocycles. The van der Waals surface area contributed by atoms with Crippen molar-refractivity contribution < 1.29 is 38.1 Å². The second kappa shape index (κ2) is 15.8. The van der Waals surface area contributed by atoms with E-state index < -0.39 is 29.3 Å². The second-order valence-electron chi connectivity index (χ2n) is 17.1. The van der Waals surface area contributed by atoms with E-state index in [1.165, 1.54) is 4.68 Å². The highest BCUT2D eigenvalue weighted by atomic mass is 16.6. The number of carbonyl (C=O) groups is 4. The van der Waals surface area contributed by atoms with Gasteiger partial charge in [-0.3, -0.25) is 9.59 Å². The molecule has 7 rings (SSSR count). The number of fused-ring (bicyclic) bond motifs is 2. The van der Waals surface area contributed by atoms with Crippen LogP contribution in [-0.2, 0) is 23.8 Å². The van der Waals surface area contributed by atoms with Gasteiger partial charge in [-0.2, -0.15) is 9.78 Å². The number of anilines is 2. The summed E-state index contributed by atoms with van der Waals surface area (Å²) >= 11 is 0. The minimum absolute atomic E-state index is 0.0110. The molecule has 3 aliphatic rings. The maximum Gasteiger partial charge on any atom is 0.435 e. The molecule has 2 fully saturated rings. The third kappa shape index (κ3) is 8.93. The summed E-state index contributed by atoms with van der Waals surface area (Å²) < 4.78 is 23.7. The van der Waals surface area contributed by atoms with Gasteiger partial charge < -0.3 is 33.6 Å². The molecule has 302 valence electrons. The summed E-state index contributed by atoms with van der Waals surface area (Å²) in [4.78, 5) is 60.0. The predicted molar refractivity (Wildman–Crippen MR) is 217 cm³/mol. The fourth-order valence-electron chi connectivity index (χ4n) is 7.67. The number of likely N-dealkylation sites (tertiary alicyclic amines) is 1. The highest BCUT2D eigenvalue weighted by Crippen LogP contribution is 2.43. The molecule has 0 bridgehead atoms. The van der Waals surface area contributed by atoms with Crippen molar-refractivity contribution in [3.05, 3.63) is 72.4 Å². The lowest BCUT2D eigenvalue weighted by molar-refractivity contribution is -0.124. The first-order valence-corrected chi connectivity index (χ1v) is 19.8. The highest BCUT2D eigenvalue weighted by Gasteiger charge is 2.44. The molecule has 0 spiro atoms. The second-order valence-corrected chi connectivity index (χ2v) is 17.1. The van der Waals surface area contributed by atoms with Crippen molar-refractivity contribution in [1.82, 2.24) is 14.7 Å². The van der Waals surface area contributed by atoms with Crippen molar-refractivity contribution in [2.45, 2.75) is 90.4 Å². The molecule has 13 nitrogen and oxygen atoms in total. The van der Waals surface area contributed by atoms with Crippen molar-refractivity contribution in [3.63, 3.8) is 0 Å². The van der Waals surface area contributed by atoms with Gasteiger partial charge in [-0.05, 0) is 114 Å². The Labute approximate surface area is 333 Å². The van der Waals surface area contributed by atoms with E-state index in [0.29, 0.717) is 55.2 Å². The number of rotatable bonds is 9. The van der Waals surface area contributed by atoms with E-state index in [-0.39, 0.29) is 36.9 Å². The molecule has 2 atom stereocenters. The summed E-state index contributed by atoms with van der Waals surface area (Å²) in [6.07, 6.45) is 3.53. The Morgan fingerprint density at radius 3 is 2.35 bits per heavy atom. The number of methoxy groups -OCH3 is 1. The quantitative estimate of drug-likeness (QED) is 0.156. The summed E-state index contributed by atoms with van der Waals surface area (Å²) in [6.45, 7) is 12.5. The van der Waals surface area contributed by atoms with Gasteiger partial charge >= 0.3 is 12.2 Å². The molecule has 0 unspecified atom stereocenters. The van der Waals surface area contributed by atoms with Gasteiger partial charge in [-0.1, -0.05) is 36.4 Å². The molecule has 1 aromatic heterocycles. The zero-order chi connectivity index (χ0) is 40.6. The minimum atomic E-state index is -0.695. The van der Waals surface area contributed by atoms with Crippen molar-refractivity contribution in [3.8, 4) is 16.9 Å². The summed E-state index contributed by atoms with van der Waals surface area (Å²) in [5.74, 6) is -0.451. The lowest BCUT2D eigenvalue weighted by atomic mass is 9.78. The first-order valence-electron chi connectivity index (χ1n) is 19.8. The average Bonchev–Trinajstić information content (AvgIpc) is 3.90. The van der Waals surface area contributed by atoms with Gasteiger partial charge in [0.15, 0.2) is 6.61 Å². The average molecular weight is 780 g/mol. The molecule has 0 radical (unpaired) electrons. The maximum atomic E-state index is 15.2. The Hall–Kier alpha value is -5.43. The molecule has 2 aliphatic heterocycles. The lowest BCUT2D eigenvalue weighted by Gasteiger charge is -2.41. The van der Waals surface area contributed by atoms with E-state index in [1.807, 2.05) is 101 Å². The number of carbonyl (C=O) groups excluding carboxylic acids is 4. The van der Waals surface area contributed by atoms with E-state index in [9.17, 15) is 14.4 Å². The van der Waals surface area contributed by atoms with Crippen molar-refractivity contribution in [2.24, 2.45) is 5.92 Å². The Balaban J connectivity index is 1.23. The van der Waals surface area contributed by atoms with Gasteiger partial charge in [0.25, 0.3) is 5.91 Å². The molecular weight excluding hydrogens is 727 g/mol. The van der Waals surface area contributed by atoms with Crippen molar-refractivity contribution in [1.29, 1.82) is 0 Å². The van der Waals surface area contributed by atoms with Gasteiger partial charge in [0.2, 0.25) is 5.91 Å². The van der Waals surface area contributed by atoms with Crippen LogP contribution in [0.5, 0.6) is 5.75 Å². The fraction of sp³-hybridized carbons (Fsp3) is 0.477. The Bertz CT molecular complexity index is 2160. The molecule has 3 amide bonds. The van der Waals surface area contributed by atoms with Crippen LogP contribution >= 0.6 is 0 Å². The van der Waals surface area contributed by atoms with Gasteiger partial charge in [0, 0.05) is 50.5 Å². The van der Waals surface area contributed by atoms with Crippen molar-refractivity contribution in [2.75, 3.05) is 49.8 Å². The molecule has 3 aromatic carbocycles.